The molecule has 1 aliphatic heterocycles. The third kappa shape index (κ3) is 10.6. The summed E-state index contributed by atoms with van der Waals surface area (Å²) >= 11 is 0. The zero-order valence-corrected chi connectivity index (χ0v) is 14.4. The fourth-order valence-electron chi connectivity index (χ4n) is 1.71. The zero-order chi connectivity index (χ0) is 13.4. The van der Waals surface area contributed by atoms with E-state index < -0.39 is 0 Å². The molecular weight excluding hydrogens is 278 g/mol. The van der Waals surface area contributed by atoms with Crippen LogP contribution >= 0.6 is 21.6 Å². The molecule has 1 rings (SSSR count). The van der Waals surface area contributed by atoms with E-state index in [2.05, 4.69) is 21.1 Å². The van der Waals surface area contributed by atoms with Gasteiger partial charge in [0.25, 0.3) is 0 Å². The van der Waals surface area contributed by atoms with E-state index in [0.717, 1.165) is 29.1 Å². The van der Waals surface area contributed by atoms with E-state index in [1.807, 2.05) is 21.6 Å². The van der Waals surface area contributed by atoms with E-state index in [9.17, 15) is 4.79 Å². The van der Waals surface area contributed by atoms with E-state index in [-0.39, 0.29) is 13.4 Å². The van der Waals surface area contributed by atoms with Crippen LogP contribution in [0.15, 0.2) is 0 Å². The summed E-state index contributed by atoms with van der Waals surface area (Å²) in [5.74, 6) is 1.26. The normalized spacial score (nSPS) is 19.0. The molecule has 1 unspecified atom stereocenters. The van der Waals surface area contributed by atoms with Gasteiger partial charge in [-0.05, 0) is 19.3 Å². The molecule has 1 fully saturated rings. The van der Waals surface area contributed by atoms with Crippen LogP contribution in [0.1, 0.15) is 32.1 Å². The highest BCUT2D eigenvalue weighted by atomic mass is 33.1. The lowest BCUT2D eigenvalue weighted by Gasteiger charge is -2.23. The van der Waals surface area contributed by atoms with Crippen molar-refractivity contribution in [3.05, 3.63) is 7.43 Å². The van der Waals surface area contributed by atoms with Gasteiger partial charge in [-0.15, -0.1) is 0 Å². The summed E-state index contributed by atoms with van der Waals surface area (Å²) in [4.78, 5) is 11.5. The molecule has 1 heterocycles. The van der Waals surface area contributed by atoms with Crippen molar-refractivity contribution in [2.45, 2.75) is 37.4 Å². The summed E-state index contributed by atoms with van der Waals surface area (Å²) in [5.41, 5.74) is 0. The van der Waals surface area contributed by atoms with Gasteiger partial charge in [-0.25, -0.2) is 0 Å². The molecule has 1 atom stereocenters. The third-order valence-corrected chi connectivity index (χ3v) is 5.92. The first kappa shape index (κ1) is 19.1. The predicted molar refractivity (Wildman–Crippen MR) is 87.2 cm³/mol. The Bertz CT molecular complexity index is 248. The Hall–Kier alpha value is 0.130. The summed E-state index contributed by atoms with van der Waals surface area (Å²) in [6, 6.07) is 0. The lowest BCUT2D eigenvalue weighted by Crippen LogP contribution is -2.38. The van der Waals surface area contributed by atoms with Gasteiger partial charge >= 0.3 is 5.97 Å². The first-order valence-corrected chi connectivity index (χ1v) is 9.10. The SMILES string of the molecule is C[N+](C)(C)CCOC(=O)CCCCC1CCSS1.[CH3-]. The standard InChI is InChI=1S/C13H26NO2S2.CH3/c1-14(2,3)9-10-16-13(15)7-5-4-6-12-8-11-17-18-12;/h12H,4-11H2,1-3H3;1H3/q+1;-1. The summed E-state index contributed by atoms with van der Waals surface area (Å²) in [5, 5.41) is 0.823. The minimum absolute atomic E-state index is 0. The Morgan fingerprint density at radius 1 is 1.32 bits per heavy atom. The van der Waals surface area contributed by atoms with Gasteiger partial charge in [0.2, 0.25) is 0 Å². The van der Waals surface area contributed by atoms with Crippen molar-refractivity contribution >= 4 is 27.6 Å². The number of esters is 1. The number of rotatable bonds is 8. The number of ether oxygens (including phenoxy) is 1. The molecule has 0 radical (unpaired) electrons. The van der Waals surface area contributed by atoms with Crippen LogP contribution in [0, 0.1) is 7.43 Å². The van der Waals surface area contributed by atoms with E-state index in [4.69, 9.17) is 4.74 Å². The van der Waals surface area contributed by atoms with Crippen LogP contribution in [0.5, 0.6) is 0 Å². The maximum atomic E-state index is 11.5. The van der Waals surface area contributed by atoms with Crippen molar-refractivity contribution in [2.75, 3.05) is 40.0 Å². The van der Waals surface area contributed by atoms with Gasteiger partial charge in [0.15, 0.2) is 0 Å². The first-order valence-electron chi connectivity index (χ1n) is 6.72. The molecule has 0 bridgehead atoms. The van der Waals surface area contributed by atoms with E-state index in [1.165, 1.54) is 18.6 Å². The van der Waals surface area contributed by atoms with E-state index in [1.54, 1.807) is 0 Å². The van der Waals surface area contributed by atoms with Crippen molar-refractivity contribution in [1.29, 1.82) is 0 Å². The molecule has 3 nitrogen and oxygen atoms in total. The number of carbonyl (C=O) groups excluding carboxylic acids is 1. The molecule has 0 saturated carbocycles. The van der Waals surface area contributed by atoms with Crippen LogP contribution in [0.25, 0.3) is 0 Å². The predicted octanol–water partition coefficient (Wildman–Crippen LogP) is 3.40. The number of hydrogen-bond acceptors (Lipinski definition) is 4. The third-order valence-electron chi connectivity index (χ3n) is 2.91. The molecule has 1 saturated heterocycles. The minimum Gasteiger partial charge on any atom is -0.460 e. The lowest BCUT2D eigenvalue weighted by atomic mass is 10.1. The molecule has 0 N–H and O–H groups in total. The molecule has 0 aromatic heterocycles. The number of likely N-dealkylation sites (N-methyl/N-ethyl adjacent to an activating group) is 1. The Morgan fingerprint density at radius 2 is 2.05 bits per heavy atom. The summed E-state index contributed by atoms with van der Waals surface area (Å²) in [7, 11) is 10.3. The van der Waals surface area contributed by atoms with Crippen LogP contribution in [0.3, 0.4) is 0 Å². The monoisotopic (exact) mass is 307 g/mol. The molecule has 1 aliphatic rings. The van der Waals surface area contributed by atoms with Crippen LogP contribution in [0.2, 0.25) is 0 Å². The van der Waals surface area contributed by atoms with Gasteiger partial charge < -0.3 is 16.6 Å². The average molecular weight is 308 g/mol. The molecule has 0 aromatic rings. The van der Waals surface area contributed by atoms with Crippen LogP contribution < -0.4 is 0 Å². The molecule has 19 heavy (non-hydrogen) atoms. The Balaban J connectivity index is 0.00000324. The minimum atomic E-state index is -0.0306. The molecule has 0 aromatic carbocycles. The quantitative estimate of drug-likeness (QED) is 0.226. The molecule has 114 valence electrons. The highest BCUT2D eigenvalue weighted by Crippen LogP contribution is 2.39. The largest absolute Gasteiger partial charge is 0.460 e. The Labute approximate surface area is 126 Å². The average Bonchev–Trinajstić information content (AvgIpc) is 2.75. The van der Waals surface area contributed by atoms with Crippen molar-refractivity contribution in [2.24, 2.45) is 0 Å². The van der Waals surface area contributed by atoms with Gasteiger partial charge in [0, 0.05) is 17.4 Å². The van der Waals surface area contributed by atoms with Gasteiger partial charge in [0.05, 0.1) is 21.1 Å². The fourth-order valence-corrected chi connectivity index (χ4v) is 4.74. The second-order valence-electron chi connectivity index (χ2n) is 5.81. The number of unbranched alkanes of at least 4 members (excludes halogenated alkanes) is 1. The number of quaternary nitrogens is 1. The molecule has 0 spiro atoms. The van der Waals surface area contributed by atoms with Crippen molar-refractivity contribution < 1.29 is 14.0 Å². The second-order valence-corrected chi connectivity index (χ2v) is 8.60. The molecule has 0 aliphatic carbocycles. The smallest absolute Gasteiger partial charge is 0.305 e. The van der Waals surface area contributed by atoms with E-state index >= 15 is 0 Å². The fraction of sp³-hybridized carbons (Fsp3) is 0.857. The van der Waals surface area contributed by atoms with Gasteiger partial charge in [0.1, 0.15) is 13.2 Å². The van der Waals surface area contributed by atoms with Gasteiger partial charge in [-0.2, -0.15) is 0 Å². The molecular formula is C14H29NO2S2. The number of nitrogens with zero attached hydrogens (tertiary/aromatic N) is 1. The Kier molecular flexibility index (Phi) is 10.0. The summed E-state index contributed by atoms with van der Waals surface area (Å²) < 4.78 is 6.06. The summed E-state index contributed by atoms with van der Waals surface area (Å²) in [6.45, 7) is 1.42. The Morgan fingerprint density at radius 3 is 2.63 bits per heavy atom. The van der Waals surface area contributed by atoms with Crippen molar-refractivity contribution in [3.63, 3.8) is 0 Å². The highest BCUT2D eigenvalue weighted by molar-refractivity contribution is 8.77. The van der Waals surface area contributed by atoms with Crippen LogP contribution in [-0.4, -0.2) is 55.7 Å². The number of carbonyl (C=O) groups is 1. The first-order chi connectivity index (χ1) is 8.47. The number of hydrogen-bond donors (Lipinski definition) is 0. The van der Waals surface area contributed by atoms with Gasteiger partial charge in [-0.3, -0.25) is 4.79 Å². The lowest BCUT2D eigenvalue weighted by molar-refractivity contribution is -0.870. The van der Waals surface area contributed by atoms with Crippen molar-refractivity contribution in [3.8, 4) is 0 Å². The summed E-state index contributed by atoms with van der Waals surface area (Å²) in [6.07, 6.45) is 5.31. The molecule has 5 heteroatoms. The van der Waals surface area contributed by atoms with Gasteiger partial charge in [-0.1, -0.05) is 28.0 Å². The van der Waals surface area contributed by atoms with E-state index in [0.29, 0.717) is 13.0 Å². The second kappa shape index (κ2) is 9.94. The van der Waals surface area contributed by atoms with Crippen molar-refractivity contribution in [1.82, 2.24) is 0 Å². The van der Waals surface area contributed by atoms with Crippen LogP contribution in [-0.2, 0) is 9.53 Å². The highest BCUT2D eigenvalue weighted by Gasteiger charge is 2.16. The maximum Gasteiger partial charge on any atom is 0.305 e. The maximum absolute atomic E-state index is 11.5. The zero-order valence-electron chi connectivity index (χ0n) is 12.8. The van der Waals surface area contributed by atoms with Crippen LogP contribution in [0.4, 0.5) is 0 Å². The topological polar surface area (TPSA) is 26.3 Å². The molecule has 0 amide bonds.